The van der Waals surface area contributed by atoms with Gasteiger partial charge in [0.1, 0.15) is 0 Å². The molecule has 7 nitrogen and oxygen atoms in total. The van der Waals surface area contributed by atoms with E-state index in [0.717, 1.165) is 37.3 Å². The van der Waals surface area contributed by atoms with E-state index >= 15 is 0 Å². The van der Waals surface area contributed by atoms with Gasteiger partial charge in [0.2, 0.25) is 0 Å². The highest BCUT2D eigenvalue weighted by molar-refractivity contribution is 6.05. The molecule has 162 valence electrons. The fourth-order valence-electron chi connectivity index (χ4n) is 4.19. The first-order valence-electron chi connectivity index (χ1n) is 10.5. The third-order valence-electron chi connectivity index (χ3n) is 5.78. The number of carbonyl (C=O) groups is 1. The molecule has 0 aliphatic carbocycles. The molecule has 1 aliphatic rings. The zero-order valence-electron chi connectivity index (χ0n) is 17.3. The lowest BCUT2D eigenvalue weighted by molar-refractivity contribution is 0.0382. The SMILES string of the molecule is O=C(O)c1c(CN2CCN(CC(O)CO)CC2)c(-c2ccccc2)nc2ccccc12. The Hall–Kier alpha value is -2.84. The van der Waals surface area contributed by atoms with E-state index in [9.17, 15) is 15.0 Å². The number of carboxylic acids is 1. The van der Waals surface area contributed by atoms with Crippen LogP contribution in [0.15, 0.2) is 54.6 Å². The number of aromatic carboxylic acids is 1. The van der Waals surface area contributed by atoms with E-state index < -0.39 is 12.1 Å². The van der Waals surface area contributed by atoms with Crippen LogP contribution < -0.4 is 0 Å². The van der Waals surface area contributed by atoms with E-state index in [2.05, 4.69) is 9.80 Å². The number of β-amino-alcohol motifs (C(OH)–C–C–N with tert-alkyl or cyclic N) is 1. The number of fused-ring (bicyclic) bond motifs is 1. The average molecular weight is 421 g/mol. The van der Waals surface area contributed by atoms with E-state index in [4.69, 9.17) is 10.1 Å². The summed E-state index contributed by atoms with van der Waals surface area (Å²) in [6.45, 7) is 3.68. The van der Waals surface area contributed by atoms with Crippen molar-refractivity contribution in [3.05, 3.63) is 65.7 Å². The summed E-state index contributed by atoms with van der Waals surface area (Å²) in [7, 11) is 0. The van der Waals surface area contributed by atoms with Gasteiger partial charge in [-0.1, -0.05) is 48.5 Å². The van der Waals surface area contributed by atoms with Gasteiger partial charge in [0, 0.05) is 55.8 Å². The molecule has 1 aliphatic heterocycles. The summed E-state index contributed by atoms with van der Waals surface area (Å²) < 4.78 is 0. The Bertz CT molecular complexity index is 1050. The van der Waals surface area contributed by atoms with E-state index in [1.807, 2.05) is 54.6 Å². The number of benzene rings is 2. The second-order valence-electron chi connectivity index (χ2n) is 7.92. The Morgan fingerprint density at radius 3 is 2.29 bits per heavy atom. The number of aliphatic hydroxyl groups excluding tert-OH is 2. The van der Waals surface area contributed by atoms with E-state index in [1.54, 1.807) is 0 Å². The Morgan fingerprint density at radius 1 is 0.968 bits per heavy atom. The van der Waals surface area contributed by atoms with Gasteiger partial charge in [-0.2, -0.15) is 0 Å². The van der Waals surface area contributed by atoms with Gasteiger partial charge in [0.25, 0.3) is 0 Å². The smallest absolute Gasteiger partial charge is 0.336 e. The van der Waals surface area contributed by atoms with Crippen molar-refractivity contribution in [1.29, 1.82) is 0 Å². The summed E-state index contributed by atoms with van der Waals surface area (Å²) >= 11 is 0. The number of aliphatic hydroxyl groups is 2. The van der Waals surface area contributed by atoms with Gasteiger partial charge in [-0.05, 0) is 6.07 Å². The van der Waals surface area contributed by atoms with Gasteiger partial charge in [-0.15, -0.1) is 0 Å². The number of carboxylic acid groups (broad SMARTS) is 1. The second kappa shape index (κ2) is 9.53. The van der Waals surface area contributed by atoms with Gasteiger partial charge in [-0.3, -0.25) is 9.80 Å². The Balaban J connectivity index is 1.69. The molecule has 2 aromatic carbocycles. The molecule has 4 rings (SSSR count). The number of para-hydroxylation sites is 1. The molecule has 2 heterocycles. The molecule has 0 saturated carbocycles. The quantitative estimate of drug-likeness (QED) is 0.537. The first-order valence-corrected chi connectivity index (χ1v) is 10.5. The molecule has 7 heteroatoms. The van der Waals surface area contributed by atoms with Crippen LogP contribution in [-0.2, 0) is 6.54 Å². The predicted octanol–water partition coefficient (Wildman–Crippen LogP) is 2.07. The summed E-state index contributed by atoms with van der Waals surface area (Å²) in [4.78, 5) is 21.6. The standard InChI is InChI=1S/C24H27N3O4/c28-16-18(29)14-26-10-12-27(13-11-26)15-20-22(24(30)31)19-8-4-5-9-21(19)25-23(20)17-6-2-1-3-7-17/h1-9,18,28-29H,10-16H2,(H,30,31). The van der Waals surface area contributed by atoms with Crippen LogP contribution in [0.3, 0.4) is 0 Å². The average Bonchev–Trinajstić information content (AvgIpc) is 2.80. The third-order valence-corrected chi connectivity index (χ3v) is 5.78. The Kier molecular flexibility index (Phi) is 6.58. The van der Waals surface area contributed by atoms with Gasteiger partial charge < -0.3 is 15.3 Å². The predicted molar refractivity (Wildman–Crippen MR) is 119 cm³/mol. The minimum Gasteiger partial charge on any atom is -0.478 e. The maximum absolute atomic E-state index is 12.4. The van der Waals surface area contributed by atoms with Crippen LogP contribution in [0.2, 0.25) is 0 Å². The van der Waals surface area contributed by atoms with Crippen LogP contribution in [0.4, 0.5) is 0 Å². The summed E-state index contributed by atoms with van der Waals surface area (Å²) in [5.74, 6) is -0.949. The van der Waals surface area contributed by atoms with Crippen LogP contribution in [0.25, 0.3) is 22.2 Å². The number of aromatic nitrogens is 1. The van der Waals surface area contributed by atoms with Crippen molar-refractivity contribution >= 4 is 16.9 Å². The highest BCUT2D eigenvalue weighted by Gasteiger charge is 2.25. The highest BCUT2D eigenvalue weighted by Crippen LogP contribution is 2.31. The van der Waals surface area contributed by atoms with Crippen LogP contribution >= 0.6 is 0 Å². The van der Waals surface area contributed by atoms with Crippen LogP contribution in [0.1, 0.15) is 15.9 Å². The van der Waals surface area contributed by atoms with Crippen LogP contribution in [0.5, 0.6) is 0 Å². The molecule has 3 aromatic rings. The molecule has 0 spiro atoms. The van der Waals surface area contributed by atoms with Crippen molar-refractivity contribution in [2.24, 2.45) is 0 Å². The maximum Gasteiger partial charge on any atom is 0.336 e. The molecule has 0 bridgehead atoms. The Morgan fingerprint density at radius 2 is 1.61 bits per heavy atom. The minimum atomic E-state index is -0.949. The lowest BCUT2D eigenvalue weighted by atomic mass is 9.96. The number of hydrogen-bond donors (Lipinski definition) is 3. The highest BCUT2D eigenvalue weighted by atomic mass is 16.4. The van der Waals surface area contributed by atoms with Crippen molar-refractivity contribution in [1.82, 2.24) is 14.8 Å². The maximum atomic E-state index is 12.4. The zero-order valence-corrected chi connectivity index (χ0v) is 17.3. The topological polar surface area (TPSA) is 97.1 Å². The zero-order chi connectivity index (χ0) is 21.8. The normalized spacial score (nSPS) is 16.5. The molecule has 1 atom stereocenters. The van der Waals surface area contributed by atoms with Gasteiger partial charge in [0.05, 0.1) is 29.5 Å². The lowest BCUT2D eigenvalue weighted by Gasteiger charge is -2.36. The van der Waals surface area contributed by atoms with Crippen molar-refractivity contribution in [3.63, 3.8) is 0 Å². The monoisotopic (exact) mass is 421 g/mol. The van der Waals surface area contributed by atoms with Crippen LogP contribution in [0, 0.1) is 0 Å². The summed E-state index contributed by atoms with van der Waals surface area (Å²) in [5.41, 5.74) is 3.31. The number of pyridine rings is 1. The van der Waals surface area contributed by atoms with Crippen molar-refractivity contribution in [2.75, 3.05) is 39.3 Å². The molecule has 1 unspecified atom stereocenters. The number of hydrogen-bond acceptors (Lipinski definition) is 6. The van der Waals surface area contributed by atoms with Crippen LogP contribution in [-0.4, -0.2) is 81.5 Å². The van der Waals surface area contributed by atoms with E-state index in [0.29, 0.717) is 35.2 Å². The summed E-state index contributed by atoms with van der Waals surface area (Å²) in [6, 6.07) is 17.1. The van der Waals surface area contributed by atoms with Crippen molar-refractivity contribution in [3.8, 4) is 11.3 Å². The van der Waals surface area contributed by atoms with Gasteiger partial charge in [-0.25, -0.2) is 9.78 Å². The van der Waals surface area contributed by atoms with Gasteiger partial charge >= 0.3 is 5.97 Å². The lowest BCUT2D eigenvalue weighted by Crippen LogP contribution is -2.48. The first-order chi connectivity index (χ1) is 15.1. The largest absolute Gasteiger partial charge is 0.478 e. The van der Waals surface area contributed by atoms with Gasteiger partial charge in [0.15, 0.2) is 0 Å². The number of rotatable bonds is 7. The fraction of sp³-hybridized carbons (Fsp3) is 0.333. The molecule has 31 heavy (non-hydrogen) atoms. The number of piperazine rings is 1. The molecular formula is C24H27N3O4. The third kappa shape index (κ3) is 4.75. The fourth-order valence-corrected chi connectivity index (χ4v) is 4.19. The minimum absolute atomic E-state index is 0.245. The van der Waals surface area contributed by atoms with E-state index in [-0.39, 0.29) is 6.61 Å². The van der Waals surface area contributed by atoms with Crippen molar-refractivity contribution < 1.29 is 20.1 Å². The molecular weight excluding hydrogens is 394 g/mol. The molecule has 0 radical (unpaired) electrons. The number of nitrogens with zero attached hydrogens (tertiary/aromatic N) is 3. The van der Waals surface area contributed by atoms with E-state index in [1.165, 1.54) is 0 Å². The Labute approximate surface area is 181 Å². The molecule has 0 amide bonds. The summed E-state index contributed by atoms with van der Waals surface area (Å²) in [6.07, 6.45) is -0.737. The van der Waals surface area contributed by atoms with Crippen molar-refractivity contribution in [2.45, 2.75) is 12.6 Å². The summed E-state index contributed by atoms with van der Waals surface area (Å²) in [5, 5.41) is 29.5. The molecule has 1 fully saturated rings. The molecule has 1 aromatic heterocycles. The second-order valence-corrected chi connectivity index (χ2v) is 7.92. The molecule has 1 saturated heterocycles. The first kappa shape index (κ1) is 21.4. The molecule has 3 N–H and O–H groups in total.